The molecule has 1 aromatic heterocycles. The highest BCUT2D eigenvalue weighted by Crippen LogP contribution is 2.24. The van der Waals surface area contributed by atoms with E-state index < -0.39 is 0 Å². The quantitative estimate of drug-likeness (QED) is 0.667. The number of rotatable bonds is 8. The summed E-state index contributed by atoms with van der Waals surface area (Å²) in [5, 5.41) is 12.1. The molecule has 4 rings (SSSR count). The number of carbonyl (C=O) groups excluding carboxylic acids is 1. The van der Waals surface area contributed by atoms with Crippen molar-refractivity contribution in [1.82, 2.24) is 25.3 Å². The van der Waals surface area contributed by atoms with Gasteiger partial charge in [-0.15, -0.1) is 10.2 Å². The monoisotopic (exact) mass is 450 g/mol. The molecule has 0 bridgehead atoms. The van der Waals surface area contributed by atoms with E-state index in [4.69, 9.17) is 0 Å². The Bertz CT molecular complexity index is 886. The summed E-state index contributed by atoms with van der Waals surface area (Å²) in [5.74, 6) is 1.20. The van der Waals surface area contributed by atoms with Crippen LogP contribution in [0.25, 0.3) is 11.3 Å². The minimum absolute atomic E-state index is 0.0992. The molecular formula is C26H38N6O. The first kappa shape index (κ1) is 23.6. The molecule has 0 aliphatic carbocycles. The summed E-state index contributed by atoms with van der Waals surface area (Å²) in [6, 6.07) is 12.4. The van der Waals surface area contributed by atoms with E-state index in [0.717, 1.165) is 82.3 Å². The summed E-state index contributed by atoms with van der Waals surface area (Å²) in [7, 11) is 0. The summed E-state index contributed by atoms with van der Waals surface area (Å²) >= 11 is 0. The molecule has 1 N–H and O–H groups in total. The van der Waals surface area contributed by atoms with E-state index in [1.165, 1.54) is 18.5 Å². The molecule has 0 radical (unpaired) electrons. The zero-order valence-electron chi connectivity index (χ0n) is 20.2. The second-order valence-electron chi connectivity index (χ2n) is 9.38. The predicted molar refractivity (Wildman–Crippen MR) is 133 cm³/mol. The number of anilines is 1. The molecule has 2 aliphatic rings. The summed E-state index contributed by atoms with van der Waals surface area (Å²) in [6.07, 6.45) is 2.95. The van der Waals surface area contributed by atoms with E-state index in [2.05, 4.69) is 62.3 Å². The Morgan fingerprint density at radius 1 is 0.970 bits per heavy atom. The maximum Gasteiger partial charge on any atom is 0.223 e. The lowest BCUT2D eigenvalue weighted by Gasteiger charge is -2.35. The van der Waals surface area contributed by atoms with Crippen LogP contribution in [-0.2, 0) is 4.79 Å². The molecule has 2 saturated heterocycles. The van der Waals surface area contributed by atoms with Gasteiger partial charge in [-0.2, -0.15) is 0 Å². The Labute approximate surface area is 198 Å². The third kappa shape index (κ3) is 6.51. The molecule has 0 unspecified atom stereocenters. The second kappa shape index (κ2) is 11.6. The smallest absolute Gasteiger partial charge is 0.223 e. The number of carbonyl (C=O) groups is 1. The van der Waals surface area contributed by atoms with Gasteiger partial charge in [-0.1, -0.05) is 30.7 Å². The van der Waals surface area contributed by atoms with Crippen LogP contribution in [0.2, 0.25) is 0 Å². The van der Waals surface area contributed by atoms with E-state index in [1.807, 2.05) is 18.2 Å². The van der Waals surface area contributed by atoms with Crippen LogP contribution in [-0.4, -0.2) is 84.8 Å². The second-order valence-corrected chi connectivity index (χ2v) is 9.38. The Kier molecular flexibility index (Phi) is 8.29. The lowest BCUT2D eigenvalue weighted by molar-refractivity contribution is -0.125. The fourth-order valence-electron chi connectivity index (χ4n) is 4.86. The lowest BCUT2D eigenvalue weighted by atomic mass is 9.96. The number of piperidine rings is 1. The van der Waals surface area contributed by atoms with E-state index in [-0.39, 0.29) is 11.8 Å². The fourth-order valence-corrected chi connectivity index (χ4v) is 4.86. The molecule has 0 atom stereocenters. The molecule has 33 heavy (non-hydrogen) atoms. The maximum atomic E-state index is 12.7. The standard InChI is InChI=1S/C26H38N6O/c1-3-12-30-16-18-31(19-17-30)15-11-27-26(33)22-9-13-32(14-10-22)25-8-7-24(28-29-25)23-6-4-5-21(2)20-23/h4-8,20,22H,3,9-19H2,1-2H3,(H,27,33). The maximum absolute atomic E-state index is 12.7. The number of amides is 1. The van der Waals surface area contributed by atoms with Gasteiger partial charge in [0.15, 0.2) is 5.82 Å². The highest BCUT2D eigenvalue weighted by atomic mass is 16.1. The van der Waals surface area contributed by atoms with Crippen molar-refractivity contribution >= 4 is 11.7 Å². The molecule has 0 spiro atoms. The van der Waals surface area contributed by atoms with Gasteiger partial charge in [0.25, 0.3) is 0 Å². The topological polar surface area (TPSA) is 64.6 Å². The normalized spacial score (nSPS) is 18.4. The van der Waals surface area contributed by atoms with E-state index in [1.54, 1.807) is 0 Å². The molecular weight excluding hydrogens is 412 g/mol. The van der Waals surface area contributed by atoms with Gasteiger partial charge in [-0.3, -0.25) is 9.69 Å². The number of hydrogen-bond acceptors (Lipinski definition) is 6. The SMILES string of the molecule is CCCN1CCN(CCNC(=O)C2CCN(c3ccc(-c4cccc(C)c4)nn3)CC2)CC1. The van der Waals surface area contributed by atoms with Crippen molar-refractivity contribution in [3.8, 4) is 11.3 Å². The number of benzene rings is 1. The van der Waals surface area contributed by atoms with Crippen LogP contribution in [0, 0.1) is 12.8 Å². The van der Waals surface area contributed by atoms with Crippen LogP contribution in [0.3, 0.4) is 0 Å². The number of hydrogen-bond donors (Lipinski definition) is 1. The molecule has 1 amide bonds. The first-order chi connectivity index (χ1) is 16.1. The van der Waals surface area contributed by atoms with E-state index in [9.17, 15) is 4.79 Å². The summed E-state index contributed by atoms with van der Waals surface area (Å²) < 4.78 is 0. The first-order valence-corrected chi connectivity index (χ1v) is 12.5. The largest absolute Gasteiger partial charge is 0.355 e. The van der Waals surface area contributed by atoms with Crippen molar-refractivity contribution in [2.45, 2.75) is 33.1 Å². The number of nitrogens with zero attached hydrogens (tertiary/aromatic N) is 5. The minimum atomic E-state index is 0.0992. The molecule has 178 valence electrons. The Morgan fingerprint density at radius 3 is 2.33 bits per heavy atom. The highest BCUT2D eigenvalue weighted by molar-refractivity contribution is 5.79. The Balaban J connectivity index is 1.18. The number of piperazine rings is 1. The van der Waals surface area contributed by atoms with Gasteiger partial charge < -0.3 is 15.1 Å². The number of nitrogens with one attached hydrogen (secondary N) is 1. The van der Waals surface area contributed by atoms with Crippen molar-refractivity contribution in [3.63, 3.8) is 0 Å². The van der Waals surface area contributed by atoms with Crippen LogP contribution < -0.4 is 10.2 Å². The zero-order valence-corrected chi connectivity index (χ0v) is 20.2. The van der Waals surface area contributed by atoms with Crippen molar-refractivity contribution in [3.05, 3.63) is 42.0 Å². The van der Waals surface area contributed by atoms with Gasteiger partial charge in [0, 0.05) is 63.8 Å². The van der Waals surface area contributed by atoms with Crippen molar-refractivity contribution in [2.24, 2.45) is 5.92 Å². The average molecular weight is 451 g/mol. The Hall–Kier alpha value is -2.51. The summed E-state index contributed by atoms with van der Waals surface area (Å²) in [5.41, 5.74) is 3.20. The van der Waals surface area contributed by atoms with Gasteiger partial charge >= 0.3 is 0 Å². The number of aromatic nitrogens is 2. The zero-order chi connectivity index (χ0) is 23.0. The van der Waals surface area contributed by atoms with Crippen molar-refractivity contribution < 1.29 is 4.79 Å². The molecule has 2 aliphatic heterocycles. The van der Waals surface area contributed by atoms with E-state index in [0.29, 0.717) is 0 Å². The fraction of sp³-hybridized carbons (Fsp3) is 0.577. The summed E-state index contributed by atoms with van der Waals surface area (Å²) in [4.78, 5) is 19.9. The molecule has 3 heterocycles. The van der Waals surface area contributed by atoms with Gasteiger partial charge in [-0.25, -0.2) is 0 Å². The van der Waals surface area contributed by atoms with Crippen LogP contribution >= 0.6 is 0 Å². The van der Waals surface area contributed by atoms with Crippen molar-refractivity contribution in [2.75, 3.05) is 63.8 Å². The minimum Gasteiger partial charge on any atom is -0.355 e. The van der Waals surface area contributed by atoms with Crippen LogP contribution in [0.15, 0.2) is 36.4 Å². The summed E-state index contributed by atoms with van der Waals surface area (Å²) in [6.45, 7) is 13.4. The lowest BCUT2D eigenvalue weighted by Crippen LogP contribution is -2.49. The van der Waals surface area contributed by atoms with Gasteiger partial charge in [0.1, 0.15) is 0 Å². The highest BCUT2D eigenvalue weighted by Gasteiger charge is 2.26. The van der Waals surface area contributed by atoms with E-state index >= 15 is 0 Å². The number of aryl methyl sites for hydroxylation is 1. The third-order valence-corrected chi connectivity index (χ3v) is 6.89. The molecule has 7 heteroatoms. The van der Waals surface area contributed by atoms with Gasteiger partial charge in [0.2, 0.25) is 5.91 Å². The van der Waals surface area contributed by atoms with Crippen LogP contribution in [0.4, 0.5) is 5.82 Å². The van der Waals surface area contributed by atoms with Gasteiger partial charge in [0.05, 0.1) is 5.69 Å². The van der Waals surface area contributed by atoms with Crippen LogP contribution in [0.5, 0.6) is 0 Å². The first-order valence-electron chi connectivity index (χ1n) is 12.5. The molecule has 0 saturated carbocycles. The van der Waals surface area contributed by atoms with Crippen LogP contribution in [0.1, 0.15) is 31.7 Å². The molecule has 2 fully saturated rings. The molecule has 2 aromatic rings. The van der Waals surface area contributed by atoms with Gasteiger partial charge in [-0.05, 0) is 50.9 Å². The molecule has 1 aromatic carbocycles. The van der Waals surface area contributed by atoms with Crippen molar-refractivity contribution in [1.29, 1.82) is 0 Å². The predicted octanol–water partition coefficient (Wildman–Crippen LogP) is 2.81. The third-order valence-electron chi connectivity index (χ3n) is 6.89. The average Bonchev–Trinajstić information content (AvgIpc) is 2.85. The Morgan fingerprint density at radius 2 is 1.70 bits per heavy atom. The molecule has 7 nitrogen and oxygen atoms in total.